The van der Waals surface area contributed by atoms with Gasteiger partial charge in [0, 0.05) is 45.8 Å². The molecule has 0 spiro atoms. The highest BCUT2D eigenvalue weighted by Crippen LogP contribution is 2.37. The average Bonchev–Trinajstić information content (AvgIpc) is 3.18. The van der Waals surface area contributed by atoms with Gasteiger partial charge in [-0.25, -0.2) is 0 Å². The largest absolute Gasteiger partial charge is 0.394 e. The summed E-state index contributed by atoms with van der Waals surface area (Å²) in [5.41, 5.74) is 3.07. The molecule has 3 aliphatic heterocycles. The number of benzene rings is 1. The Balaban J connectivity index is 1.34. The molecule has 196 valence electrons. The first kappa shape index (κ1) is 26.8. The molecule has 3 fully saturated rings. The first-order chi connectivity index (χ1) is 16.9. The molecule has 1 aromatic carbocycles. The number of nitrogens with zero attached hydrogens (tertiary/aromatic N) is 3. The van der Waals surface area contributed by atoms with Gasteiger partial charge in [-0.05, 0) is 36.5 Å². The van der Waals surface area contributed by atoms with E-state index in [0.717, 1.165) is 49.4 Å². The summed E-state index contributed by atoms with van der Waals surface area (Å²) in [6.07, 6.45) is -1.51. The van der Waals surface area contributed by atoms with Crippen molar-refractivity contribution in [3.05, 3.63) is 34.9 Å². The second-order valence-electron chi connectivity index (χ2n) is 9.86. The third kappa shape index (κ3) is 6.53. The predicted octanol–water partition coefficient (Wildman–Crippen LogP) is 0.471. The lowest BCUT2D eigenvalue weighted by Gasteiger charge is -2.34. The average molecular weight is 512 g/mol. The summed E-state index contributed by atoms with van der Waals surface area (Å²) in [6.45, 7) is 7.38. The number of carbonyl (C=O) groups excluding carboxylic acids is 1. The molecular weight excluding hydrogens is 474 g/mol. The second kappa shape index (κ2) is 12.3. The Hall–Kier alpha value is -1.30. The van der Waals surface area contributed by atoms with E-state index in [4.69, 9.17) is 21.1 Å². The third-order valence-electron chi connectivity index (χ3n) is 7.41. The first-order valence-electron chi connectivity index (χ1n) is 12.5. The van der Waals surface area contributed by atoms with Crippen molar-refractivity contribution in [2.45, 2.75) is 56.8 Å². The number of hydrogen-bond donors (Lipinski definition) is 3. The number of piperazine rings is 1. The zero-order valence-corrected chi connectivity index (χ0v) is 21.1. The van der Waals surface area contributed by atoms with Crippen molar-refractivity contribution in [1.82, 2.24) is 14.7 Å². The lowest BCUT2D eigenvalue weighted by atomic mass is 9.96. The first-order valence-corrected chi connectivity index (χ1v) is 13.0. The molecule has 0 saturated carbocycles. The van der Waals surface area contributed by atoms with Crippen LogP contribution in [0.4, 0.5) is 0 Å². The standard InChI is InChI=1S/C25H38ClN3O6/c1-17-12-18(14-27-8-10-29(11-9-27)22(32)13-26)2-3-20(17)24-23(33)25(21(15-30)35-24)34-16-28-6-4-19(31)5-7-28/h2-3,12,19,21,23-25,30-31,33H,4-11,13-16H2,1H3. The monoisotopic (exact) mass is 511 g/mol. The van der Waals surface area contributed by atoms with Crippen LogP contribution >= 0.6 is 11.6 Å². The molecule has 3 aliphatic rings. The molecule has 0 bridgehead atoms. The molecule has 1 aromatic rings. The molecule has 4 atom stereocenters. The summed E-state index contributed by atoms with van der Waals surface area (Å²) in [4.78, 5) is 18.0. The van der Waals surface area contributed by atoms with Gasteiger partial charge in [-0.1, -0.05) is 18.2 Å². The maximum atomic E-state index is 11.8. The number of aliphatic hydroxyl groups is 3. The Kier molecular flexibility index (Phi) is 9.40. The molecule has 35 heavy (non-hydrogen) atoms. The third-order valence-corrected chi connectivity index (χ3v) is 7.64. The van der Waals surface area contributed by atoms with Crippen LogP contribution in [-0.4, -0.2) is 119 Å². The number of halogens is 1. The van der Waals surface area contributed by atoms with Crippen LogP contribution in [0.25, 0.3) is 0 Å². The van der Waals surface area contributed by atoms with Crippen LogP contribution in [0, 0.1) is 6.92 Å². The maximum Gasteiger partial charge on any atom is 0.237 e. The van der Waals surface area contributed by atoms with Gasteiger partial charge in [0.2, 0.25) is 5.91 Å². The van der Waals surface area contributed by atoms with E-state index in [1.165, 1.54) is 0 Å². The van der Waals surface area contributed by atoms with Crippen molar-refractivity contribution >= 4 is 17.5 Å². The van der Waals surface area contributed by atoms with Crippen LogP contribution in [0.5, 0.6) is 0 Å². The van der Waals surface area contributed by atoms with Crippen LogP contribution in [-0.2, 0) is 20.8 Å². The minimum atomic E-state index is -0.889. The minimum absolute atomic E-state index is 0.0140. The summed E-state index contributed by atoms with van der Waals surface area (Å²) < 4.78 is 12.1. The van der Waals surface area contributed by atoms with E-state index in [2.05, 4.69) is 21.9 Å². The summed E-state index contributed by atoms with van der Waals surface area (Å²) >= 11 is 5.67. The molecule has 1 amide bonds. The normalized spacial score (nSPS) is 29.1. The molecule has 4 unspecified atom stereocenters. The number of likely N-dealkylation sites (tertiary alicyclic amines) is 1. The van der Waals surface area contributed by atoms with Crippen molar-refractivity contribution in [3.8, 4) is 0 Å². The van der Waals surface area contributed by atoms with Gasteiger partial charge in [0.05, 0.1) is 19.4 Å². The molecule has 0 aromatic heterocycles. The van der Waals surface area contributed by atoms with Crippen LogP contribution in [0.15, 0.2) is 18.2 Å². The lowest BCUT2D eigenvalue weighted by Crippen LogP contribution is -2.48. The molecule has 3 heterocycles. The van der Waals surface area contributed by atoms with Gasteiger partial charge in [0.15, 0.2) is 0 Å². The van der Waals surface area contributed by atoms with Crippen LogP contribution in [0.2, 0.25) is 0 Å². The van der Waals surface area contributed by atoms with Gasteiger partial charge in [0.1, 0.15) is 30.3 Å². The van der Waals surface area contributed by atoms with Gasteiger partial charge in [0.25, 0.3) is 0 Å². The number of aliphatic hydroxyl groups excluding tert-OH is 3. The van der Waals surface area contributed by atoms with Crippen molar-refractivity contribution in [2.24, 2.45) is 0 Å². The molecular formula is C25H38ClN3O6. The number of piperidine rings is 1. The Labute approximate surface area is 212 Å². The number of amides is 1. The van der Waals surface area contributed by atoms with E-state index in [1.54, 1.807) is 4.90 Å². The van der Waals surface area contributed by atoms with Crippen molar-refractivity contribution in [2.75, 3.05) is 58.5 Å². The Morgan fingerprint density at radius 1 is 1.11 bits per heavy atom. The summed E-state index contributed by atoms with van der Waals surface area (Å²) in [6, 6.07) is 6.16. The quantitative estimate of drug-likeness (QED) is 0.433. The molecule has 0 aliphatic carbocycles. The fraction of sp³-hybridized carbons (Fsp3) is 0.720. The smallest absolute Gasteiger partial charge is 0.237 e. The van der Waals surface area contributed by atoms with E-state index in [0.29, 0.717) is 32.7 Å². The predicted molar refractivity (Wildman–Crippen MR) is 131 cm³/mol. The van der Waals surface area contributed by atoms with Crippen molar-refractivity contribution in [3.63, 3.8) is 0 Å². The number of rotatable bonds is 8. The molecule has 0 radical (unpaired) electrons. The lowest BCUT2D eigenvalue weighted by molar-refractivity contribution is -0.130. The number of aryl methyl sites for hydroxylation is 1. The van der Waals surface area contributed by atoms with Crippen LogP contribution in [0.3, 0.4) is 0 Å². The maximum absolute atomic E-state index is 11.8. The zero-order valence-electron chi connectivity index (χ0n) is 20.4. The number of ether oxygens (including phenoxy) is 2. The Morgan fingerprint density at radius 3 is 2.46 bits per heavy atom. The van der Waals surface area contributed by atoms with E-state index in [1.807, 2.05) is 13.0 Å². The zero-order chi connectivity index (χ0) is 24.9. The van der Waals surface area contributed by atoms with E-state index >= 15 is 0 Å². The molecule has 9 nitrogen and oxygen atoms in total. The highest BCUT2D eigenvalue weighted by atomic mass is 35.5. The van der Waals surface area contributed by atoms with Crippen molar-refractivity contribution in [1.29, 1.82) is 0 Å². The number of alkyl halides is 1. The number of hydrogen-bond acceptors (Lipinski definition) is 8. The SMILES string of the molecule is Cc1cc(CN2CCN(C(=O)CCl)CC2)ccc1C1OC(CO)C(OCN2CCC(O)CC2)C1O. The van der Waals surface area contributed by atoms with E-state index in [9.17, 15) is 20.1 Å². The molecule has 3 saturated heterocycles. The fourth-order valence-corrected chi connectivity index (χ4v) is 5.41. The molecule has 3 N–H and O–H groups in total. The highest BCUT2D eigenvalue weighted by Gasteiger charge is 2.45. The molecule has 10 heteroatoms. The summed E-state index contributed by atoms with van der Waals surface area (Å²) in [5, 5.41) is 30.6. The Morgan fingerprint density at radius 2 is 1.83 bits per heavy atom. The minimum Gasteiger partial charge on any atom is -0.394 e. The van der Waals surface area contributed by atoms with E-state index in [-0.39, 0.29) is 24.5 Å². The topological polar surface area (TPSA) is 106 Å². The van der Waals surface area contributed by atoms with Gasteiger partial charge < -0.3 is 29.7 Å². The van der Waals surface area contributed by atoms with Crippen molar-refractivity contribution < 1.29 is 29.6 Å². The number of carbonyl (C=O) groups is 1. The molecule has 4 rings (SSSR count). The van der Waals surface area contributed by atoms with Gasteiger partial charge >= 0.3 is 0 Å². The van der Waals surface area contributed by atoms with E-state index < -0.39 is 24.4 Å². The van der Waals surface area contributed by atoms with Gasteiger partial charge in [-0.2, -0.15) is 0 Å². The second-order valence-corrected chi connectivity index (χ2v) is 10.1. The Bertz CT molecular complexity index is 844. The van der Waals surface area contributed by atoms with Crippen LogP contribution in [0.1, 0.15) is 35.6 Å². The highest BCUT2D eigenvalue weighted by molar-refractivity contribution is 6.27. The van der Waals surface area contributed by atoms with Gasteiger partial charge in [-0.3, -0.25) is 14.6 Å². The van der Waals surface area contributed by atoms with Crippen LogP contribution < -0.4 is 0 Å². The fourth-order valence-electron chi connectivity index (χ4n) is 5.24. The summed E-state index contributed by atoms with van der Waals surface area (Å²) in [7, 11) is 0. The summed E-state index contributed by atoms with van der Waals surface area (Å²) in [5.74, 6) is 0.0149. The van der Waals surface area contributed by atoms with Gasteiger partial charge in [-0.15, -0.1) is 11.6 Å².